The van der Waals surface area contributed by atoms with E-state index in [0.717, 1.165) is 36.3 Å². The van der Waals surface area contributed by atoms with Crippen molar-refractivity contribution < 1.29 is 14.1 Å². The summed E-state index contributed by atoms with van der Waals surface area (Å²) in [5.74, 6) is -0.816. The molecule has 2 N–H and O–H groups in total. The van der Waals surface area contributed by atoms with Crippen LogP contribution < -0.4 is 5.32 Å². The maximum atomic E-state index is 13.5. The molecule has 7 nitrogen and oxygen atoms in total. The van der Waals surface area contributed by atoms with Gasteiger partial charge in [0.2, 0.25) is 5.91 Å². The van der Waals surface area contributed by atoms with E-state index in [0.29, 0.717) is 11.9 Å². The highest BCUT2D eigenvalue weighted by atomic mass is 19.1. The lowest BCUT2D eigenvalue weighted by molar-refractivity contribution is -0.384. The van der Waals surface area contributed by atoms with Gasteiger partial charge < -0.3 is 15.2 Å². The number of hydrogen-bond donors (Lipinski definition) is 2. The smallest absolute Gasteiger partial charge is 0.270 e. The number of nitro benzene ring substituents is 1. The predicted octanol–water partition coefficient (Wildman–Crippen LogP) is 3.95. The minimum Gasteiger partial charge on any atom is -0.361 e. The van der Waals surface area contributed by atoms with Crippen molar-refractivity contribution in [2.45, 2.75) is 25.2 Å². The van der Waals surface area contributed by atoms with E-state index in [2.05, 4.69) is 15.2 Å². The number of non-ortho nitro benzene ring substituents is 1. The van der Waals surface area contributed by atoms with Crippen molar-refractivity contribution in [3.8, 4) is 0 Å². The molecule has 1 aliphatic rings. The lowest BCUT2D eigenvalue weighted by Crippen LogP contribution is -2.34. The van der Waals surface area contributed by atoms with Crippen LogP contribution in [0.15, 0.2) is 48.7 Å². The van der Waals surface area contributed by atoms with Gasteiger partial charge in [0.25, 0.3) is 5.69 Å². The number of carbonyl (C=O) groups is 1. The summed E-state index contributed by atoms with van der Waals surface area (Å²) < 4.78 is 13.5. The number of H-pyrrole nitrogens is 1. The zero-order valence-electron chi connectivity index (χ0n) is 17.1. The van der Waals surface area contributed by atoms with Gasteiger partial charge in [0.1, 0.15) is 5.82 Å². The Morgan fingerprint density at radius 2 is 1.94 bits per heavy atom. The number of likely N-dealkylation sites (tertiary alicyclic amines) is 1. The standard InChI is InChI=1S/C23H25FN4O3/c24-17-5-3-16(4-6-17)19(14-23(29)25-9-12-27-10-1-2-11-27)21-15-26-22-8-7-18(28(30)31)13-20(21)22/h3-8,13,15,19,26H,1-2,9-12,14H2,(H,25,29)/t19-/m1/s1. The molecule has 1 saturated heterocycles. The summed E-state index contributed by atoms with van der Waals surface area (Å²) in [5, 5.41) is 14.9. The first kappa shape index (κ1) is 21.0. The Hall–Kier alpha value is -3.26. The van der Waals surface area contributed by atoms with Crippen molar-refractivity contribution in [2.75, 3.05) is 26.2 Å². The number of nitro groups is 1. The van der Waals surface area contributed by atoms with Crippen molar-refractivity contribution in [2.24, 2.45) is 0 Å². The Morgan fingerprint density at radius 3 is 2.65 bits per heavy atom. The molecule has 31 heavy (non-hydrogen) atoms. The lowest BCUT2D eigenvalue weighted by atomic mass is 9.88. The van der Waals surface area contributed by atoms with Gasteiger partial charge >= 0.3 is 0 Å². The van der Waals surface area contributed by atoms with E-state index in [1.54, 1.807) is 24.4 Å². The summed E-state index contributed by atoms with van der Waals surface area (Å²) in [4.78, 5) is 29.0. The monoisotopic (exact) mass is 424 g/mol. The second kappa shape index (κ2) is 9.26. The maximum Gasteiger partial charge on any atom is 0.270 e. The number of nitrogens with zero attached hydrogens (tertiary/aromatic N) is 2. The lowest BCUT2D eigenvalue weighted by Gasteiger charge is -2.19. The van der Waals surface area contributed by atoms with Crippen LogP contribution >= 0.6 is 0 Å². The van der Waals surface area contributed by atoms with Gasteiger partial charge in [-0.3, -0.25) is 14.9 Å². The molecule has 162 valence electrons. The van der Waals surface area contributed by atoms with Crippen LogP contribution in [0.25, 0.3) is 10.9 Å². The molecule has 1 aromatic heterocycles. The Morgan fingerprint density at radius 1 is 1.19 bits per heavy atom. The average Bonchev–Trinajstić information content (AvgIpc) is 3.42. The third-order valence-electron chi connectivity index (χ3n) is 5.89. The number of aromatic nitrogens is 1. The van der Waals surface area contributed by atoms with E-state index in [-0.39, 0.29) is 29.8 Å². The molecule has 0 spiro atoms. The number of fused-ring (bicyclic) bond motifs is 1. The normalized spacial score (nSPS) is 15.3. The summed E-state index contributed by atoms with van der Waals surface area (Å²) in [6.07, 6.45) is 4.35. The van der Waals surface area contributed by atoms with Crippen LogP contribution in [-0.2, 0) is 4.79 Å². The SMILES string of the molecule is O=C(C[C@H](c1ccc(F)cc1)c1c[nH]c2ccc([N+](=O)[O-])cc12)NCCN1CCCC1. The molecule has 0 unspecified atom stereocenters. The maximum absolute atomic E-state index is 13.5. The van der Waals surface area contributed by atoms with E-state index in [4.69, 9.17) is 0 Å². The van der Waals surface area contributed by atoms with Crippen LogP contribution in [0.4, 0.5) is 10.1 Å². The van der Waals surface area contributed by atoms with E-state index in [1.807, 2.05) is 0 Å². The quantitative estimate of drug-likeness (QED) is 0.423. The highest BCUT2D eigenvalue weighted by Gasteiger charge is 2.23. The number of hydrogen-bond acceptors (Lipinski definition) is 4. The number of rotatable bonds is 8. The van der Waals surface area contributed by atoms with Gasteiger partial charge in [-0.05, 0) is 55.3 Å². The Kier molecular flexibility index (Phi) is 6.27. The number of benzene rings is 2. The predicted molar refractivity (Wildman–Crippen MR) is 116 cm³/mol. The average molecular weight is 424 g/mol. The van der Waals surface area contributed by atoms with Crippen LogP contribution in [0.2, 0.25) is 0 Å². The largest absolute Gasteiger partial charge is 0.361 e. The Bertz CT molecular complexity index is 1070. The summed E-state index contributed by atoms with van der Waals surface area (Å²) in [6, 6.07) is 10.7. The first-order valence-corrected chi connectivity index (χ1v) is 10.5. The zero-order valence-corrected chi connectivity index (χ0v) is 17.1. The molecule has 0 saturated carbocycles. The van der Waals surface area contributed by atoms with E-state index < -0.39 is 4.92 Å². The molecule has 4 rings (SSSR count). The summed E-state index contributed by atoms with van der Waals surface area (Å²) in [7, 11) is 0. The molecule has 2 aromatic carbocycles. The van der Waals surface area contributed by atoms with E-state index in [9.17, 15) is 19.3 Å². The fourth-order valence-electron chi connectivity index (χ4n) is 4.25. The summed E-state index contributed by atoms with van der Waals surface area (Å²) in [5.41, 5.74) is 2.30. The minimum absolute atomic E-state index is 0.0127. The van der Waals surface area contributed by atoms with Gasteiger partial charge in [0.15, 0.2) is 0 Å². The molecular formula is C23H25FN4O3. The number of amides is 1. The number of carbonyl (C=O) groups excluding carboxylic acids is 1. The fourth-order valence-corrected chi connectivity index (χ4v) is 4.25. The number of aromatic amines is 1. The molecule has 1 fully saturated rings. The number of nitrogens with one attached hydrogen (secondary N) is 2. The molecule has 1 aliphatic heterocycles. The van der Waals surface area contributed by atoms with Crippen molar-refractivity contribution in [3.63, 3.8) is 0 Å². The van der Waals surface area contributed by atoms with Crippen molar-refractivity contribution in [1.82, 2.24) is 15.2 Å². The molecule has 0 aliphatic carbocycles. The first-order chi connectivity index (χ1) is 15.0. The molecule has 2 heterocycles. The molecule has 1 atom stereocenters. The van der Waals surface area contributed by atoms with Gasteiger partial charge in [-0.2, -0.15) is 0 Å². The van der Waals surface area contributed by atoms with Gasteiger partial charge in [-0.1, -0.05) is 12.1 Å². The first-order valence-electron chi connectivity index (χ1n) is 10.5. The van der Waals surface area contributed by atoms with Gasteiger partial charge in [0.05, 0.1) is 4.92 Å². The van der Waals surface area contributed by atoms with Crippen molar-refractivity contribution in [1.29, 1.82) is 0 Å². The highest BCUT2D eigenvalue weighted by Crippen LogP contribution is 2.35. The van der Waals surface area contributed by atoms with Crippen LogP contribution in [0.1, 0.15) is 36.3 Å². The molecule has 1 amide bonds. The van der Waals surface area contributed by atoms with Crippen LogP contribution in [0, 0.1) is 15.9 Å². The summed E-state index contributed by atoms with van der Waals surface area (Å²) >= 11 is 0. The van der Waals surface area contributed by atoms with E-state index >= 15 is 0 Å². The molecule has 3 aromatic rings. The van der Waals surface area contributed by atoms with Crippen molar-refractivity contribution >= 4 is 22.5 Å². The van der Waals surface area contributed by atoms with Crippen LogP contribution in [0.3, 0.4) is 0 Å². The topological polar surface area (TPSA) is 91.3 Å². The third kappa shape index (κ3) is 4.91. The van der Waals surface area contributed by atoms with Crippen LogP contribution in [-0.4, -0.2) is 46.9 Å². The highest BCUT2D eigenvalue weighted by molar-refractivity contribution is 5.87. The Balaban J connectivity index is 1.58. The second-order valence-electron chi connectivity index (χ2n) is 7.94. The molecule has 8 heteroatoms. The summed E-state index contributed by atoms with van der Waals surface area (Å²) in [6.45, 7) is 3.55. The number of halogens is 1. The second-order valence-corrected chi connectivity index (χ2v) is 7.94. The minimum atomic E-state index is -0.436. The molecule has 0 bridgehead atoms. The Labute approximate surface area is 179 Å². The van der Waals surface area contributed by atoms with Gasteiger partial charge in [0, 0.05) is 54.7 Å². The third-order valence-corrected chi connectivity index (χ3v) is 5.89. The molecular weight excluding hydrogens is 399 g/mol. The van der Waals surface area contributed by atoms with Crippen LogP contribution in [0.5, 0.6) is 0 Å². The van der Waals surface area contributed by atoms with Gasteiger partial charge in [-0.15, -0.1) is 0 Å². The van der Waals surface area contributed by atoms with Gasteiger partial charge in [-0.25, -0.2) is 4.39 Å². The molecule has 0 radical (unpaired) electrons. The van der Waals surface area contributed by atoms with E-state index in [1.165, 1.54) is 37.1 Å². The fraction of sp³-hybridized carbons (Fsp3) is 0.348. The van der Waals surface area contributed by atoms with Crippen molar-refractivity contribution in [3.05, 3.63) is 75.7 Å². The zero-order chi connectivity index (χ0) is 21.8.